The zero-order chi connectivity index (χ0) is 11.0. The summed E-state index contributed by atoms with van der Waals surface area (Å²) in [4.78, 5) is 6.61. The molecular formula is C12H18N2O2. The van der Waals surface area contributed by atoms with E-state index in [9.17, 15) is 0 Å². The van der Waals surface area contributed by atoms with Crippen LogP contribution in [0.3, 0.4) is 0 Å². The molecule has 4 heteroatoms. The van der Waals surface area contributed by atoms with Gasteiger partial charge in [-0.2, -0.15) is 4.98 Å². The molecule has 0 radical (unpaired) electrons. The number of rotatable bonds is 2. The minimum absolute atomic E-state index is 0.0363. The summed E-state index contributed by atoms with van der Waals surface area (Å²) in [6, 6.07) is 1.33. The van der Waals surface area contributed by atoms with Gasteiger partial charge < -0.3 is 14.4 Å². The molecule has 16 heavy (non-hydrogen) atoms. The average Bonchev–Trinajstić information content (AvgIpc) is 2.94. The average molecular weight is 222 g/mol. The number of aromatic nitrogens is 1. The maximum absolute atomic E-state index is 8.99. The van der Waals surface area contributed by atoms with Crippen molar-refractivity contribution in [2.24, 2.45) is 5.92 Å². The van der Waals surface area contributed by atoms with Crippen molar-refractivity contribution in [3.63, 3.8) is 0 Å². The van der Waals surface area contributed by atoms with Crippen LogP contribution >= 0.6 is 0 Å². The van der Waals surface area contributed by atoms with Crippen LogP contribution in [0, 0.1) is 5.92 Å². The van der Waals surface area contributed by atoms with Gasteiger partial charge in [0.2, 0.25) is 0 Å². The molecule has 1 aliphatic heterocycles. The first-order valence-corrected chi connectivity index (χ1v) is 6.20. The van der Waals surface area contributed by atoms with Crippen LogP contribution in [0.2, 0.25) is 0 Å². The Balaban J connectivity index is 1.79. The highest BCUT2D eigenvalue weighted by atomic mass is 16.4. The van der Waals surface area contributed by atoms with Crippen molar-refractivity contribution in [2.45, 2.75) is 44.8 Å². The number of oxazole rings is 1. The largest absolute Gasteiger partial charge is 0.432 e. The van der Waals surface area contributed by atoms with E-state index >= 15 is 0 Å². The molecule has 1 aliphatic carbocycles. The summed E-state index contributed by atoms with van der Waals surface area (Å²) in [5.74, 6) is 0.832. The van der Waals surface area contributed by atoms with Crippen LogP contribution in [0.4, 0.5) is 6.01 Å². The summed E-state index contributed by atoms with van der Waals surface area (Å²) in [5.41, 5.74) is 0.634. The van der Waals surface area contributed by atoms with Gasteiger partial charge in [0.15, 0.2) is 0 Å². The normalized spacial score (nSPS) is 29.4. The van der Waals surface area contributed by atoms with Crippen LogP contribution in [0.25, 0.3) is 0 Å². The molecule has 2 unspecified atom stereocenters. The van der Waals surface area contributed by atoms with Gasteiger partial charge in [0.05, 0.1) is 6.61 Å². The molecule has 2 aliphatic rings. The zero-order valence-electron chi connectivity index (χ0n) is 9.43. The lowest BCUT2D eigenvalue weighted by atomic mass is 9.85. The van der Waals surface area contributed by atoms with Crippen LogP contribution in [0.1, 0.15) is 37.8 Å². The van der Waals surface area contributed by atoms with Crippen molar-refractivity contribution in [3.05, 3.63) is 12.0 Å². The second-order valence-electron chi connectivity index (χ2n) is 4.87. The maximum atomic E-state index is 8.99. The second kappa shape index (κ2) is 4.09. The van der Waals surface area contributed by atoms with Crippen LogP contribution in [-0.4, -0.2) is 22.7 Å². The third kappa shape index (κ3) is 1.61. The predicted octanol–water partition coefficient (Wildman–Crippen LogP) is 1.94. The van der Waals surface area contributed by atoms with Crippen molar-refractivity contribution < 1.29 is 9.52 Å². The Morgan fingerprint density at radius 3 is 3.06 bits per heavy atom. The molecule has 2 atom stereocenters. The molecule has 1 saturated carbocycles. The molecule has 2 fully saturated rings. The molecule has 1 aromatic rings. The lowest BCUT2D eigenvalue weighted by Gasteiger charge is -2.30. The van der Waals surface area contributed by atoms with Gasteiger partial charge >= 0.3 is 0 Å². The van der Waals surface area contributed by atoms with Gasteiger partial charge in [-0.25, -0.2) is 0 Å². The van der Waals surface area contributed by atoms with Crippen molar-refractivity contribution in [1.82, 2.24) is 4.98 Å². The summed E-state index contributed by atoms with van der Waals surface area (Å²) < 4.78 is 5.44. The first kappa shape index (κ1) is 10.1. The van der Waals surface area contributed by atoms with Crippen molar-refractivity contribution in [1.29, 1.82) is 0 Å². The minimum Gasteiger partial charge on any atom is -0.432 e. The van der Waals surface area contributed by atoms with E-state index in [1.165, 1.54) is 32.1 Å². The highest BCUT2D eigenvalue weighted by Crippen LogP contribution is 2.38. The maximum Gasteiger partial charge on any atom is 0.297 e. The fourth-order valence-corrected chi connectivity index (χ4v) is 3.14. The first-order valence-electron chi connectivity index (χ1n) is 6.20. The molecule has 0 spiro atoms. The van der Waals surface area contributed by atoms with E-state index in [1.54, 1.807) is 6.26 Å². The van der Waals surface area contributed by atoms with Crippen LogP contribution < -0.4 is 4.90 Å². The highest BCUT2D eigenvalue weighted by Gasteiger charge is 2.37. The number of hydrogen-bond donors (Lipinski definition) is 1. The third-order valence-corrected chi connectivity index (χ3v) is 3.96. The monoisotopic (exact) mass is 222 g/mol. The fraction of sp³-hybridized carbons (Fsp3) is 0.750. The Hall–Kier alpha value is -1.03. The van der Waals surface area contributed by atoms with Crippen molar-refractivity contribution in [3.8, 4) is 0 Å². The number of fused-ring (bicyclic) bond motifs is 1. The zero-order valence-corrected chi connectivity index (χ0v) is 9.43. The minimum atomic E-state index is -0.0363. The van der Waals surface area contributed by atoms with Crippen LogP contribution in [-0.2, 0) is 6.61 Å². The molecular weight excluding hydrogens is 204 g/mol. The van der Waals surface area contributed by atoms with Gasteiger partial charge in [0.25, 0.3) is 6.01 Å². The summed E-state index contributed by atoms with van der Waals surface area (Å²) in [6.45, 7) is 1.02. The van der Waals surface area contributed by atoms with E-state index in [1.807, 2.05) is 0 Å². The molecule has 2 heterocycles. The van der Waals surface area contributed by atoms with E-state index in [2.05, 4.69) is 9.88 Å². The highest BCUT2D eigenvalue weighted by molar-refractivity contribution is 5.32. The van der Waals surface area contributed by atoms with Gasteiger partial charge in [-0.3, -0.25) is 0 Å². The Kier molecular flexibility index (Phi) is 2.59. The standard InChI is InChI=1S/C12H18N2O2/c15-7-10-8-16-12(13-10)14-6-5-9-3-1-2-4-11(9)14/h8-9,11,15H,1-7H2. The number of anilines is 1. The van der Waals surface area contributed by atoms with E-state index in [-0.39, 0.29) is 6.61 Å². The van der Waals surface area contributed by atoms with Gasteiger partial charge in [-0.05, 0) is 25.2 Å². The smallest absolute Gasteiger partial charge is 0.297 e. The van der Waals surface area contributed by atoms with Crippen molar-refractivity contribution in [2.75, 3.05) is 11.4 Å². The molecule has 0 bridgehead atoms. The van der Waals surface area contributed by atoms with E-state index < -0.39 is 0 Å². The Labute approximate surface area is 95.3 Å². The fourth-order valence-electron chi connectivity index (χ4n) is 3.14. The van der Waals surface area contributed by atoms with E-state index in [0.717, 1.165) is 12.5 Å². The first-order chi connectivity index (χ1) is 7.88. The van der Waals surface area contributed by atoms with E-state index in [0.29, 0.717) is 17.8 Å². The SMILES string of the molecule is OCc1coc(N2CCC3CCCCC32)n1. The van der Waals surface area contributed by atoms with Crippen LogP contribution in [0.5, 0.6) is 0 Å². The number of aliphatic hydroxyl groups is 1. The number of hydrogen-bond acceptors (Lipinski definition) is 4. The van der Waals surface area contributed by atoms with E-state index in [4.69, 9.17) is 9.52 Å². The third-order valence-electron chi connectivity index (χ3n) is 3.96. The molecule has 88 valence electrons. The molecule has 1 saturated heterocycles. The quantitative estimate of drug-likeness (QED) is 0.830. The predicted molar refractivity (Wildman–Crippen MR) is 60.1 cm³/mol. The van der Waals surface area contributed by atoms with Gasteiger partial charge in [0, 0.05) is 12.6 Å². The molecule has 1 N–H and O–H groups in total. The van der Waals surface area contributed by atoms with Crippen LogP contribution in [0.15, 0.2) is 10.7 Å². The summed E-state index contributed by atoms with van der Waals surface area (Å²) in [7, 11) is 0. The molecule has 4 nitrogen and oxygen atoms in total. The number of aliphatic hydroxyl groups excluding tert-OH is 1. The van der Waals surface area contributed by atoms with Gasteiger partial charge in [-0.15, -0.1) is 0 Å². The second-order valence-corrected chi connectivity index (χ2v) is 4.87. The molecule has 3 rings (SSSR count). The molecule has 0 amide bonds. The number of nitrogens with zero attached hydrogens (tertiary/aromatic N) is 2. The van der Waals surface area contributed by atoms with Gasteiger partial charge in [0.1, 0.15) is 12.0 Å². The Morgan fingerprint density at radius 1 is 1.38 bits per heavy atom. The Morgan fingerprint density at radius 2 is 2.25 bits per heavy atom. The topological polar surface area (TPSA) is 49.5 Å². The summed E-state index contributed by atoms with van der Waals surface area (Å²) >= 11 is 0. The molecule has 1 aromatic heterocycles. The summed E-state index contributed by atoms with van der Waals surface area (Å²) in [5, 5.41) is 8.99. The summed E-state index contributed by atoms with van der Waals surface area (Å²) in [6.07, 6.45) is 8.15. The Bertz CT molecular complexity index is 364. The van der Waals surface area contributed by atoms with Gasteiger partial charge in [-0.1, -0.05) is 12.8 Å². The lowest BCUT2D eigenvalue weighted by Crippen LogP contribution is -2.34. The molecule has 0 aromatic carbocycles. The lowest BCUT2D eigenvalue weighted by molar-refractivity contribution is 0.276. The van der Waals surface area contributed by atoms with Crippen molar-refractivity contribution >= 4 is 6.01 Å².